The summed E-state index contributed by atoms with van der Waals surface area (Å²) in [6.45, 7) is 0.419. The number of rotatable bonds is 3. The van der Waals surface area contributed by atoms with Crippen molar-refractivity contribution in [1.29, 1.82) is 0 Å². The highest BCUT2D eigenvalue weighted by Crippen LogP contribution is 2.36. The molecule has 1 aliphatic rings. The quantitative estimate of drug-likeness (QED) is 0.411. The lowest BCUT2D eigenvalue weighted by molar-refractivity contribution is -0.142. The molecule has 1 fully saturated rings. The number of amides is 1. The van der Waals surface area contributed by atoms with Crippen LogP contribution in [-0.2, 0) is 6.18 Å². The summed E-state index contributed by atoms with van der Waals surface area (Å²) < 4.78 is 60.3. The van der Waals surface area contributed by atoms with Gasteiger partial charge in [0.05, 0.1) is 18.5 Å². The van der Waals surface area contributed by atoms with Crippen molar-refractivity contribution in [1.82, 2.24) is 19.5 Å². The summed E-state index contributed by atoms with van der Waals surface area (Å²) >= 11 is 0. The fourth-order valence-electron chi connectivity index (χ4n) is 4.06. The Morgan fingerprint density at radius 3 is 2.62 bits per heavy atom. The Morgan fingerprint density at radius 2 is 1.94 bits per heavy atom. The summed E-state index contributed by atoms with van der Waals surface area (Å²) in [6, 6.07) is 9.40. The summed E-state index contributed by atoms with van der Waals surface area (Å²) in [4.78, 5) is 19.2. The molecule has 0 N–H and O–H groups in total. The van der Waals surface area contributed by atoms with Gasteiger partial charge in [0.25, 0.3) is 5.91 Å². The second-order valence-electron chi connectivity index (χ2n) is 7.50. The normalized spacial score (nSPS) is 16.8. The van der Waals surface area contributed by atoms with Crippen LogP contribution in [0, 0.1) is 5.82 Å². The Kier molecular flexibility index (Phi) is 4.72. The predicted octanol–water partition coefficient (Wildman–Crippen LogP) is 5.12. The Labute approximate surface area is 179 Å². The van der Waals surface area contributed by atoms with E-state index < -0.39 is 17.8 Å². The Hall–Kier alpha value is -3.69. The van der Waals surface area contributed by atoms with Crippen molar-refractivity contribution < 1.29 is 26.8 Å². The average molecular weight is 444 g/mol. The first kappa shape index (κ1) is 20.2. The van der Waals surface area contributed by atoms with Crippen LogP contribution in [-0.4, -0.2) is 31.9 Å². The molecular formula is C22H16F4N4O2. The fourth-order valence-corrected chi connectivity index (χ4v) is 4.06. The SMILES string of the molecule is O=C(c1cnn2c(C(F)(F)F)cc(-c3ccco3)nc12)N1CCCC1c1ccc(F)cc1. The number of aromatic nitrogens is 3. The van der Waals surface area contributed by atoms with Crippen LogP contribution >= 0.6 is 0 Å². The Bertz CT molecular complexity index is 1280. The van der Waals surface area contributed by atoms with Crippen LogP contribution in [0.1, 0.15) is 40.5 Å². The number of alkyl halides is 3. The van der Waals surface area contributed by atoms with E-state index in [1.165, 1.54) is 30.5 Å². The first-order valence-electron chi connectivity index (χ1n) is 9.89. The minimum absolute atomic E-state index is 0.0436. The number of likely N-dealkylation sites (tertiary alicyclic amines) is 1. The second-order valence-corrected chi connectivity index (χ2v) is 7.50. The highest BCUT2D eigenvalue weighted by molar-refractivity contribution is 6.00. The molecule has 1 aliphatic heterocycles. The van der Waals surface area contributed by atoms with Crippen molar-refractivity contribution in [3.05, 3.63) is 77.6 Å². The molecule has 6 nitrogen and oxygen atoms in total. The van der Waals surface area contributed by atoms with Crippen molar-refractivity contribution in [3.63, 3.8) is 0 Å². The van der Waals surface area contributed by atoms with Gasteiger partial charge >= 0.3 is 6.18 Å². The minimum atomic E-state index is -4.72. The number of hydrogen-bond donors (Lipinski definition) is 0. The number of benzene rings is 1. The van der Waals surface area contributed by atoms with Gasteiger partial charge in [-0.15, -0.1) is 0 Å². The van der Waals surface area contributed by atoms with Gasteiger partial charge in [-0.2, -0.15) is 18.3 Å². The molecule has 32 heavy (non-hydrogen) atoms. The van der Waals surface area contributed by atoms with Crippen LogP contribution in [0.15, 0.2) is 59.3 Å². The number of fused-ring (bicyclic) bond motifs is 1. The van der Waals surface area contributed by atoms with Gasteiger partial charge in [0.1, 0.15) is 17.1 Å². The number of hydrogen-bond acceptors (Lipinski definition) is 4. The molecule has 4 heterocycles. The van der Waals surface area contributed by atoms with Crippen molar-refractivity contribution in [3.8, 4) is 11.5 Å². The summed E-state index contributed by atoms with van der Waals surface area (Å²) in [7, 11) is 0. The first-order chi connectivity index (χ1) is 15.3. The number of carbonyl (C=O) groups is 1. The lowest BCUT2D eigenvalue weighted by atomic mass is 10.0. The van der Waals surface area contributed by atoms with Gasteiger partial charge in [-0.25, -0.2) is 13.9 Å². The number of carbonyl (C=O) groups excluding carboxylic acids is 1. The molecule has 1 unspecified atom stereocenters. The average Bonchev–Trinajstić information content (AvgIpc) is 3.52. The summed E-state index contributed by atoms with van der Waals surface area (Å²) in [6.07, 6.45) is -0.916. The predicted molar refractivity (Wildman–Crippen MR) is 105 cm³/mol. The number of nitrogens with zero attached hydrogens (tertiary/aromatic N) is 4. The van der Waals surface area contributed by atoms with Gasteiger partial charge in [-0.1, -0.05) is 12.1 Å². The topological polar surface area (TPSA) is 63.6 Å². The first-order valence-corrected chi connectivity index (χ1v) is 9.89. The van der Waals surface area contributed by atoms with Crippen molar-refractivity contribution in [2.75, 3.05) is 6.54 Å². The van der Waals surface area contributed by atoms with Gasteiger partial charge < -0.3 is 9.32 Å². The van der Waals surface area contributed by atoms with E-state index in [0.29, 0.717) is 23.9 Å². The molecule has 3 aromatic heterocycles. The Morgan fingerprint density at radius 1 is 1.16 bits per heavy atom. The van der Waals surface area contributed by atoms with E-state index in [1.807, 2.05) is 0 Å². The van der Waals surface area contributed by atoms with Crippen LogP contribution < -0.4 is 0 Å². The smallest absolute Gasteiger partial charge is 0.433 e. The molecule has 0 saturated carbocycles. The van der Waals surface area contributed by atoms with Gasteiger partial charge in [-0.3, -0.25) is 4.79 Å². The van der Waals surface area contributed by atoms with E-state index >= 15 is 0 Å². The lowest BCUT2D eigenvalue weighted by Crippen LogP contribution is -2.30. The van der Waals surface area contributed by atoms with E-state index in [-0.39, 0.29) is 34.5 Å². The van der Waals surface area contributed by atoms with E-state index in [1.54, 1.807) is 17.0 Å². The standard InChI is InChI=1S/C22H16F4N4O2/c23-14-7-5-13(6-8-14)17-3-1-9-29(17)21(31)15-12-27-30-19(22(24,25)26)11-16(28-20(15)30)18-4-2-10-32-18/h2,4-8,10-12,17H,1,3,9H2. The molecule has 0 aliphatic carbocycles. The largest absolute Gasteiger partial charge is 0.463 e. The molecule has 1 aromatic carbocycles. The molecule has 1 amide bonds. The van der Waals surface area contributed by atoms with Crippen molar-refractivity contribution in [2.24, 2.45) is 0 Å². The van der Waals surface area contributed by atoms with Crippen LogP contribution in [0.2, 0.25) is 0 Å². The molecule has 0 spiro atoms. The number of furan rings is 1. The van der Waals surface area contributed by atoms with E-state index in [2.05, 4.69) is 10.1 Å². The fraction of sp³-hybridized carbons (Fsp3) is 0.227. The maximum Gasteiger partial charge on any atom is 0.433 e. The van der Waals surface area contributed by atoms with E-state index in [0.717, 1.165) is 17.8 Å². The molecule has 4 aromatic rings. The zero-order valence-electron chi connectivity index (χ0n) is 16.5. The molecule has 164 valence electrons. The van der Waals surface area contributed by atoms with Gasteiger partial charge in [0.15, 0.2) is 17.1 Å². The third-order valence-electron chi connectivity index (χ3n) is 5.53. The molecule has 10 heteroatoms. The second kappa shape index (κ2) is 7.47. The third-order valence-corrected chi connectivity index (χ3v) is 5.53. The molecule has 1 atom stereocenters. The zero-order valence-corrected chi connectivity index (χ0v) is 16.5. The van der Waals surface area contributed by atoms with Crippen LogP contribution in [0.4, 0.5) is 17.6 Å². The molecular weight excluding hydrogens is 428 g/mol. The minimum Gasteiger partial charge on any atom is -0.463 e. The summed E-state index contributed by atoms with van der Waals surface area (Å²) in [5.74, 6) is -0.728. The highest BCUT2D eigenvalue weighted by Gasteiger charge is 2.38. The van der Waals surface area contributed by atoms with Crippen LogP contribution in [0.5, 0.6) is 0 Å². The summed E-state index contributed by atoms with van der Waals surface area (Å²) in [5.41, 5.74) is -0.613. The Balaban J connectivity index is 1.60. The van der Waals surface area contributed by atoms with Crippen LogP contribution in [0.3, 0.4) is 0 Å². The zero-order chi connectivity index (χ0) is 22.5. The third kappa shape index (κ3) is 3.41. The lowest BCUT2D eigenvalue weighted by Gasteiger charge is -2.24. The number of halogens is 4. The van der Waals surface area contributed by atoms with Gasteiger partial charge in [0.2, 0.25) is 0 Å². The van der Waals surface area contributed by atoms with Crippen LogP contribution in [0.25, 0.3) is 17.1 Å². The maximum absolute atomic E-state index is 13.7. The summed E-state index contributed by atoms with van der Waals surface area (Å²) in [5, 5.41) is 3.82. The maximum atomic E-state index is 13.7. The molecule has 0 radical (unpaired) electrons. The van der Waals surface area contributed by atoms with Crippen molar-refractivity contribution in [2.45, 2.75) is 25.1 Å². The highest BCUT2D eigenvalue weighted by atomic mass is 19.4. The van der Waals surface area contributed by atoms with Crippen molar-refractivity contribution >= 4 is 11.6 Å². The van der Waals surface area contributed by atoms with Gasteiger partial charge in [0, 0.05) is 6.54 Å². The van der Waals surface area contributed by atoms with Gasteiger partial charge in [-0.05, 0) is 48.7 Å². The van der Waals surface area contributed by atoms with E-state index in [4.69, 9.17) is 4.42 Å². The monoisotopic (exact) mass is 444 g/mol. The molecule has 5 rings (SSSR count). The van der Waals surface area contributed by atoms with E-state index in [9.17, 15) is 22.4 Å². The molecule has 1 saturated heterocycles. The molecule has 0 bridgehead atoms.